The lowest BCUT2D eigenvalue weighted by Gasteiger charge is -2.08. The van der Waals surface area contributed by atoms with E-state index in [2.05, 4.69) is 24.4 Å². The normalized spacial score (nSPS) is 17.9. The van der Waals surface area contributed by atoms with Crippen molar-refractivity contribution in [2.45, 2.75) is 83.6 Å². The van der Waals surface area contributed by atoms with Gasteiger partial charge in [-0.25, -0.2) is 4.79 Å². The molecule has 1 rings (SSSR count). The first-order chi connectivity index (χ1) is 10.7. The number of cyclic esters (lactones) is 1. The van der Waals surface area contributed by atoms with Crippen LogP contribution in [0.4, 0.5) is 0 Å². The van der Waals surface area contributed by atoms with E-state index in [4.69, 9.17) is 4.74 Å². The molecule has 1 aliphatic rings. The van der Waals surface area contributed by atoms with Crippen molar-refractivity contribution < 1.29 is 14.3 Å². The molecule has 0 aromatic heterocycles. The van der Waals surface area contributed by atoms with Crippen LogP contribution in [0, 0.1) is 0 Å². The molecule has 22 heavy (non-hydrogen) atoms. The Hall–Kier alpha value is -1.32. The van der Waals surface area contributed by atoms with Gasteiger partial charge in [0.05, 0.1) is 6.61 Å². The number of hydrogen-bond acceptors (Lipinski definition) is 3. The second-order valence-corrected chi connectivity index (χ2v) is 6.00. The number of carbonyl (C=O) groups is 2. The van der Waals surface area contributed by atoms with Crippen LogP contribution in [-0.4, -0.2) is 24.5 Å². The molecule has 126 valence electrons. The number of nitrogens with one attached hydrogen (secondary N) is 1. The second kappa shape index (κ2) is 12.2. The first-order valence-corrected chi connectivity index (χ1v) is 8.85. The minimum Gasteiger partial charge on any atom is -0.464 e. The van der Waals surface area contributed by atoms with Gasteiger partial charge in [-0.05, 0) is 32.1 Å². The van der Waals surface area contributed by atoms with Gasteiger partial charge >= 0.3 is 5.97 Å². The third-order valence-corrected chi connectivity index (χ3v) is 3.94. The first kappa shape index (κ1) is 18.7. The van der Waals surface area contributed by atoms with Gasteiger partial charge in [0.2, 0.25) is 5.91 Å². The lowest BCUT2D eigenvalue weighted by atomic mass is 10.1. The van der Waals surface area contributed by atoms with Crippen molar-refractivity contribution >= 4 is 11.9 Å². The fourth-order valence-corrected chi connectivity index (χ4v) is 2.54. The maximum absolute atomic E-state index is 11.7. The number of hydrogen-bond donors (Lipinski definition) is 1. The number of esters is 1. The Kier molecular flexibility index (Phi) is 10.4. The zero-order valence-electron chi connectivity index (χ0n) is 13.9. The predicted molar refractivity (Wildman–Crippen MR) is 88.5 cm³/mol. The largest absolute Gasteiger partial charge is 0.464 e. The maximum atomic E-state index is 11.7. The minimum atomic E-state index is -0.414. The van der Waals surface area contributed by atoms with Crippen molar-refractivity contribution in [1.29, 1.82) is 0 Å². The molecule has 1 fully saturated rings. The van der Waals surface area contributed by atoms with Crippen molar-refractivity contribution in [3.05, 3.63) is 12.2 Å². The average Bonchev–Trinajstić information content (AvgIpc) is 2.90. The van der Waals surface area contributed by atoms with Crippen LogP contribution in [0.3, 0.4) is 0 Å². The number of ether oxygens (including phenoxy) is 1. The van der Waals surface area contributed by atoms with E-state index in [0.29, 0.717) is 19.4 Å². The van der Waals surface area contributed by atoms with Gasteiger partial charge in [-0.15, -0.1) is 0 Å². The van der Waals surface area contributed by atoms with E-state index in [0.717, 1.165) is 25.7 Å². The van der Waals surface area contributed by atoms with Gasteiger partial charge in [-0.3, -0.25) is 4.79 Å². The molecule has 4 nitrogen and oxygen atoms in total. The highest BCUT2D eigenvalue weighted by Gasteiger charge is 2.27. The Labute approximate surface area is 134 Å². The molecule has 1 saturated heterocycles. The molecule has 0 unspecified atom stereocenters. The van der Waals surface area contributed by atoms with Crippen LogP contribution in [0.25, 0.3) is 0 Å². The summed E-state index contributed by atoms with van der Waals surface area (Å²) in [6.45, 7) is 2.66. The quantitative estimate of drug-likeness (QED) is 0.338. The molecular weight excluding hydrogens is 278 g/mol. The summed E-state index contributed by atoms with van der Waals surface area (Å²) >= 11 is 0. The highest BCUT2D eigenvalue weighted by atomic mass is 16.5. The Balaban J connectivity index is 1.89. The van der Waals surface area contributed by atoms with Crippen molar-refractivity contribution in [2.75, 3.05) is 6.61 Å². The molecule has 1 amide bonds. The van der Waals surface area contributed by atoms with Crippen LogP contribution in [0.2, 0.25) is 0 Å². The van der Waals surface area contributed by atoms with Gasteiger partial charge in [0.15, 0.2) is 0 Å². The molecule has 1 aliphatic heterocycles. The lowest BCUT2D eigenvalue weighted by Crippen LogP contribution is -2.37. The van der Waals surface area contributed by atoms with E-state index in [1.54, 1.807) is 0 Å². The van der Waals surface area contributed by atoms with Gasteiger partial charge in [0.25, 0.3) is 0 Å². The van der Waals surface area contributed by atoms with E-state index < -0.39 is 6.04 Å². The maximum Gasteiger partial charge on any atom is 0.328 e. The number of amides is 1. The van der Waals surface area contributed by atoms with Crippen molar-refractivity contribution in [1.82, 2.24) is 5.32 Å². The van der Waals surface area contributed by atoms with Gasteiger partial charge < -0.3 is 10.1 Å². The van der Waals surface area contributed by atoms with E-state index in [1.165, 1.54) is 32.1 Å². The molecule has 0 saturated carbocycles. The van der Waals surface area contributed by atoms with Crippen LogP contribution in [0.15, 0.2) is 12.2 Å². The topological polar surface area (TPSA) is 55.4 Å². The predicted octanol–water partition coefficient (Wildman–Crippen LogP) is 3.90. The fourth-order valence-electron chi connectivity index (χ4n) is 2.54. The average molecular weight is 309 g/mol. The summed E-state index contributed by atoms with van der Waals surface area (Å²) in [5.74, 6) is -0.326. The zero-order chi connectivity index (χ0) is 16.0. The fraction of sp³-hybridized carbons (Fsp3) is 0.778. The van der Waals surface area contributed by atoms with E-state index in [-0.39, 0.29) is 11.9 Å². The summed E-state index contributed by atoms with van der Waals surface area (Å²) in [5, 5.41) is 2.74. The van der Waals surface area contributed by atoms with Crippen LogP contribution >= 0.6 is 0 Å². The monoisotopic (exact) mass is 309 g/mol. The van der Waals surface area contributed by atoms with Gasteiger partial charge in [-0.1, -0.05) is 44.8 Å². The highest BCUT2D eigenvalue weighted by Crippen LogP contribution is 2.08. The Bertz CT molecular complexity index is 352. The van der Waals surface area contributed by atoms with Gasteiger partial charge in [0.1, 0.15) is 6.04 Å². The smallest absolute Gasteiger partial charge is 0.328 e. The SMILES string of the molecule is CCCCCC/C=C\CCCCCC(=O)N[C@H]1CCOC1=O. The van der Waals surface area contributed by atoms with Gasteiger partial charge in [-0.2, -0.15) is 0 Å². The summed E-state index contributed by atoms with van der Waals surface area (Å²) in [6.07, 6.45) is 16.3. The van der Waals surface area contributed by atoms with Crippen LogP contribution < -0.4 is 5.32 Å². The summed E-state index contributed by atoms with van der Waals surface area (Å²) in [6, 6.07) is -0.414. The minimum absolute atomic E-state index is 0.0321. The number of rotatable bonds is 12. The summed E-state index contributed by atoms with van der Waals surface area (Å²) < 4.78 is 4.82. The molecule has 0 aliphatic carbocycles. The lowest BCUT2D eigenvalue weighted by molar-refractivity contribution is -0.141. The highest BCUT2D eigenvalue weighted by molar-refractivity contribution is 5.85. The first-order valence-electron chi connectivity index (χ1n) is 8.85. The summed E-state index contributed by atoms with van der Waals surface area (Å²) in [4.78, 5) is 22.9. The Morgan fingerprint density at radius 1 is 1.14 bits per heavy atom. The number of carbonyl (C=O) groups excluding carboxylic acids is 2. The van der Waals surface area contributed by atoms with Crippen LogP contribution in [-0.2, 0) is 14.3 Å². The van der Waals surface area contributed by atoms with Crippen molar-refractivity contribution in [3.8, 4) is 0 Å². The molecular formula is C18H31NO3. The molecule has 0 bridgehead atoms. The molecule has 4 heteroatoms. The summed E-state index contributed by atoms with van der Waals surface area (Å²) in [7, 11) is 0. The van der Waals surface area contributed by atoms with Crippen LogP contribution in [0.1, 0.15) is 77.6 Å². The van der Waals surface area contributed by atoms with E-state index >= 15 is 0 Å². The third kappa shape index (κ3) is 8.85. The second-order valence-electron chi connectivity index (χ2n) is 6.00. The van der Waals surface area contributed by atoms with Crippen LogP contribution in [0.5, 0.6) is 0 Å². The number of allylic oxidation sites excluding steroid dienone is 2. The summed E-state index contributed by atoms with van der Waals surface area (Å²) in [5.41, 5.74) is 0. The Morgan fingerprint density at radius 2 is 1.82 bits per heavy atom. The van der Waals surface area contributed by atoms with Crippen molar-refractivity contribution in [3.63, 3.8) is 0 Å². The molecule has 0 radical (unpaired) electrons. The molecule has 0 aromatic rings. The van der Waals surface area contributed by atoms with E-state index in [1.807, 2.05) is 0 Å². The number of unbranched alkanes of at least 4 members (excludes halogenated alkanes) is 7. The molecule has 1 atom stereocenters. The molecule has 1 N–H and O–H groups in total. The zero-order valence-corrected chi connectivity index (χ0v) is 13.9. The van der Waals surface area contributed by atoms with Crippen molar-refractivity contribution in [2.24, 2.45) is 0 Å². The van der Waals surface area contributed by atoms with Gasteiger partial charge in [0, 0.05) is 12.8 Å². The Morgan fingerprint density at radius 3 is 2.41 bits per heavy atom. The van der Waals surface area contributed by atoms with E-state index in [9.17, 15) is 9.59 Å². The third-order valence-electron chi connectivity index (χ3n) is 3.94. The standard InChI is InChI=1S/C18H31NO3/c1-2-3-4-5-6-7-8-9-10-11-12-13-17(20)19-16-14-15-22-18(16)21/h7-8,16H,2-6,9-15H2,1H3,(H,19,20)/b8-7-/t16-/m0/s1. The molecule has 0 spiro atoms. The molecule has 0 aromatic carbocycles. The molecule has 1 heterocycles.